The van der Waals surface area contributed by atoms with Gasteiger partial charge in [-0.1, -0.05) is 44.2 Å². The molecule has 0 bridgehead atoms. The van der Waals surface area contributed by atoms with Crippen molar-refractivity contribution in [2.75, 3.05) is 0 Å². The highest BCUT2D eigenvalue weighted by molar-refractivity contribution is 6.03. The number of carbonyl (C=O) groups is 3. The van der Waals surface area contributed by atoms with Crippen molar-refractivity contribution >= 4 is 17.7 Å². The molecule has 0 fully saturated rings. The van der Waals surface area contributed by atoms with E-state index in [0.29, 0.717) is 12.4 Å². The molecule has 2 N–H and O–H groups in total. The molecule has 0 aliphatic heterocycles. The standard InChI is InChI=1S/C20H20O6.C2H6/c1-12-5-3-6-13(2)17(12)11-26-15-8-4-7-14(9-15)18(21)10-16(19(22)23)20(24)25;1-2/h3-9,16H,10-11H2,1-2H3,(H,22,23)(H,24,25);1-2H3. The molecule has 0 aliphatic carbocycles. The van der Waals surface area contributed by atoms with Gasteiger partial charge in [0.2, 0.25) is 0 Å². The molecule has 0 amide bonds. The minimum Gasteiger partial charge on any atom is -0.489 e. The summed E-state index contributed by atoms with van der Waals surface area (Å²) in [6.07, 6.45) is -0.606. The predicted octanol–water partition coefficient (Wildman–Crippen LogP) is 4.27. The van der Waals surface area contributed by atoms with Gasteiger partial charge >= 0.3 is 11.9 Å². The molecule has 0 heterocycles. The third-order valence-electron chi connectivity index (χ3n) is 4.17. The molecule has 0 atom stereocenters. The molecule has 28 heavy (non-hydrogen) atoms. The molecule has 0 aromatic heterocycles. The van der Waals surface area contributed by atoms with Crippen LogP contribution >= 0.6 is 0 Å². The van der Waals surface area contributed by atoms with Gasteiger partial charge in [-0.05, 0) is 42.7 Å². The molecule has 0 spiro atoms. The zero-order valence-electron chi connectivity index (χ0n) is 16.6. The van der Waals surface area contributed by atoms with Crippen molar-refractivity contribution in [3.05, 3.63) is 64.7 Å². The topological polar surface area (TPSA) is 101 Å². The molecule has 0 aliphatic rings. The Morgan fingerprint density at radius 1 is 0.929 bits per heavy atom. The summed E-state index contributed by atoms with van der Waals surface area (Å²) in [5.74, 6) is -4.93. The van der Waals surface area contributed by atoms with E-state index in [-0.39, 0.29) is 5.56 Å². The zero-order valence-corrected chi connectivity index (χ0v) is 16.6. The maximum absolute atomic E-state index is 12.2. The lowest BCUT2D eigenvalue weighted by atomic mass is 9.98. The predicted molar refractivity (Wildman–Crippen MR) is 106 cm³/mol. The van der Waals surface area contributed by atoms with E-state index in [4.69, 9.17) is 14.9 Å². The molecule has 150 valence electrons. The van der Waals surface area contributed by atoms with E-state index in [0.717, 1.165) is 16.7 Å². The summed E-state index contributed by atoms with van der Waals surface area (Å²) in [4.78, 5) is 34.1. The van der Waals surface area contributed by atoms with Crippen molar-refractivity contribution in [2.24, 2.45) is 5.92 Å². The smallest absolute Gasteiger partial charge is 0.318 e. The van der Waals surface area contributed by atoms with E-state index in [9.17, 15) is 14.4 Å². The Bertz CT molecular complexity index is 806. The quantitative estimate of drug-likeness (QED) is 0.519. The van der Waals surface area contributed by atoms with Crippen molar-refractivity contribution in [1.29, 1.82) is 0 Å². The molecule has 0 radical (unpaired) electrons. The summed E-state index contributed by atoms with van der Waals surface area (Å²) in [7, 11) is 0. The van der Waals surface area contributed by atoms with E-state index in [1.807, 2.05) is 45.9 Å². The summed E-state index contributed by atoms with van der Waals surface area (Å²) in [6.45, 7) is 8.32. The maximum atomic E-state index is 12.2. The van der Waals surface area contributed by atoms with Crippen LogP contribution in [0, 0.1) is 19.8 Å². The Labute approximate surface area is 164 Å². The Balaban J connectivity index is 0.00000190. The van der Waals surface area contributed by atoms with E-state index in [2.05, 4.69) is 0 Å². The third kappa shape index (κ3) is 6.23. The fraction of sp³-hybridized carbons (Fsp3) is 0.318. The lowest BCUT2D eigenvalue weighted by Gasteiger charge is -2.12. The highest BCUT2D eigenvalue weighted by Gasteiger charge is 2.29. The fourth-order valence-electron chi connectivity index (χ4n) is 2.57. The van der Waals surface area contributed by atoms with Crippen LogP contribution < -0.4 is 4.74 Å². The minimum atomic E-state index is -1.76. The number of ether oxygens (including phenoxy) is 1. The number of rotatable bonds is 8. The first kappa shape index (κ1) is 22.9. The Hall–Kier alpha value is -3.15. The monoisotopic (exact) mass is 386 g/mol. The molecular formula is C22H26O6. The number of benzene rings is 2. The molecule has 2 aromatic rings. The lowest BCUT2D eigenvalue weighted by molar-refractivity contribution is -0.154. The minimum absolute atomic E-state index is 0.219. The Kier molecular flexibility index (Phi) is 8.88. The summed E-state index contributed by atoms with van der Waals surface area (Å²) in [6, 6.07) is 12.3. The van der Waals surface area contributed by atoms with Gasteiger partial charge in [0.05, 0.1) is 0 Å². The van der Waals surface area contributed by atoms with Crippen LogP contribution in [0.4, 0.5) is 0 Å². The zero-order chi connectivity index (χ0) is 21.3. The fourth-order valence-corrected chi connectivity index (χ4v) is 2.57. The van der Waals surface area contributed by atoms with Crippen LogP contribution in [-0.2, 0) is 16.2 Å². The van der Waals surface area contributed by atoms with E-state index in [1.54, 1.807) is 12.1 Å². The summed E-state index contributed by atoms with van der Waals surface area (Å²) in [5.41, 5.74) is 3.48. The third-order valence-corrected chi connectivity index (χ3v) is 4.17. The second-order valence-corrected chi connectivity index (χ2v) is 6.04. The van der Waals surface area contributed by atoms with Gasteiger partial charge in [0, 0.05) is 12.0 Å². The van der Waals surface area contributed by atoms with E-state index >= 15 is 0 Å². The second-order valence-electron chi connectivity index (χ2n) is 6.04. The van der Waals surface area contributed by atoms with E-state index in [1.165, 1.54) is 12.1 Å². The van der Waals surface area contributed by atoms with E-state index < -0.39 is 30.1 Å². The number of carbonyl (C=O) groups excluding carboxylic acids is 1. The number of Topliss-reactive ketones (excluding diaryl/α,β-unsaturated/α-hetero) is 1. The van der Waals surface area contributed by atoms with Crippen molar-refractivity contribution < 1.29 is 29.3 Å². The van der Waals surface area contributed by atoms with Crippen LogP contribution in [0.3, 0.4) is 0 Å². The summed E-state index contributed by atoms with van der Waals surface area (Å²) >= 11 is 0. The molecule has 6 heteroatoms. The average molecular weight is 386 g/mol. The highest BCUT2D eigenvalue weighted by atomic mass is 16.5. The lowest BCUT2D eigenvalue weighted by Crippen LogP contribution is -2.26. The largest absolute Gasteiger partial charge is 0.489 e. The Morgan fingerprint density at radius 2 is 1.46 bits per heavy atom. The van der Waals surface area contributed by atoms with Crippen molar-refractivity contribution in [3.63, 3.8) is 0 Å². The Morgan fingerprint density at radius 3 is 2.00 bits per heavy atom. The van der Waals surface area contributed by atoms with Crippen LogP contribution in [0.2, 0.25) is 0 Å². The molecule has 0 saturated carbocycles. The molecule has 0 unspecified atom stereocenters. The summed E-state index contributed by atoms with van der Waals surface area (Å²) < 4.78 is 5.76. The van der Waals surface area contributed by atoms with Gasteiger partial charge in [0.15, 0.2) is 11.7 Å². The first-order chi connectivity index (χ1) is 13.3. The van der Waals surface area contributed by atoms with Gasteiger partial charge < -0.3 is 14.9 Å². The number of hydrogen-bond acceptors (Lipinski definition) is 4. The molecule has 0 saturated heterocycles. The number of aliphatic carboxylic acids is 2. The van der Waals surface area contributed by atoms with Gasteiger partial charge in [0.1, 0.15) is 12.4 Å². The first-order valence-corrected chi connectivity index (χ1v) is 9.06. The normalized spacial score (nSPS) is 10.0. The molecule has 2 rings (SSSR count). The van der Waals surface area contributed by atoms with Crippen molar-refractivity contribution in [1.82, 2.24) is 0 Å². The molecule has 2 aromatic carbocycles. The van der Waals surface area contributed by atoms with Gasteiger partial charge in [-0.15, -0.1) is 0 Å². The summed E-state index contributed by atoms with van der Waals surface area (Å²) in [5, 5.41) is 17.8. The SMILES string of the molecule is CC.Cc1cccc(C)c1COc1cccc(C(=O)CC(C(=O)O)C(=O)O)c1. The van der Waals surface area contributed by atoms with Crippen LogP contribution in [0.5, 0.6) is 5.75 Å². The van der Waals surface area contributed by atoms with Crippen LogP contribution in [0.25, 0.3) is 0 Å². The van der Waals surface area contributed by atoms with Crippen LogP contribution in [0.15, 0.2) is 42.5 Å². The average Bonchev–Trinajstić information content (AvgIpc) is 2.67. The van der Waals surface area contributed by atoms with Crippen LogP contribution in [-0.4, -0.2) is 27.9 Å². The molecular weight excluding hydrogens is 360 g/mol. The van der Waals surface area contributed by atoms with Crippen molar-refractivity contribution in [2.45, 2.75) is 40.7 Å². The van der Waals surface area contributed by atoms with Gasteiger partial charge in [-0.3, -0.25) is 14.4 Å². The molecule has 6 nitrogen and oxygen atoms in total. The number of ketones is 1. The van der Waals surface area contributed by atoms with Crippen LogP contribution in [0.1, 0.15) is 47.3 Å². The number of carboxylic acids is 2. The van der Waals surface area contributed by atoms with Gasteiger partial charge in [-0.2, -0.15) is 0 Å². The van der Waals surface area contributed by atoms with Gasteiger partial charge in [-0.25, -0.2) is 0 Å². The van der Waals surface area contributed by atoms with Gasteiger partial charge in [0.25, 0.3) is 0 Å². The second kappa shape index (κ2) is 10.9. The van der Waals surface area contributed by atoms with Crippen molar-refractivity contribution in [3.8, 4) is 5.75 Å². The number of aryl methyl sites for hydroxylation is 2. The maximum Gasteiger partial charge on any atom is 0.318 e. The highest BCUT2D eigenvalue weighted by Crippen LogP contribution is 2.20. The number of hydrogen-bond donors (Lipinski definition) is 2. The number of carboxylic acid groups (broad SMARTS) is 2. The first-order valence-electron chi connectivity index (χ1n) is 9.06.